The first kappa shape index (κ1) is 16.8. The van der Waals surface area contributed by atoms with Crippen LogP contribution in [0.3, 0.4) is 0 Å². The molecule has 116 valence electrons. The van der Waals surface area contributed by atoms with E-state index >= 15 is 0 Å². The second kappa shape index (κ2) is 7.48. The predicted octanol–water partition coefficient (Wildman–Crippen LogP) is 1.34. The smallest absolute Gasteiger partial charge is 0.293 e. The molecule has 9 heteroatoms. The second-order valence-electron chi connectivity index (χ2n) is 4.10. The Morgan fingerprint density at radius 3 is 2.67 bits per heavy atom. The average molecular weight is 303 g/mol. The Bertz CT molecular complexity index is 525. The quantitative estimate of drug-likeness (QED) is 0.585. The summed E-state index contributed by atoms with van der Waals surface area (Å²) in [5, 5.41) is 22.3. The molecule has 7 nitrogen and oxygen atoms in total. The van der Waals surface area contributed by atoms with Crippen molar-refractivity contribution in [3.63, 3.8) is 0 Å². The monoisotopic (exact) mass is 303 g/mol. The number of anilines is 1. The minimum absolute atomic E-state index is 0.0881. The number of rotatable bonds is 7. The van der Waals surface area contributed by atoms with Crippen LogP contribution in [0.1, 0.15) is 10.4 Å². The van der Waals surface area contributed by atoms with Crippen LogP contribution in [0.15, 0.2) is 18.2 Å². The molecule has 21 heavy (non-hydrogen) atoms. The molecule has 0 aliphatic rings. The molecule has 0 unspecified atom stereocenters. The second-order valence-corrected chi connectivity index (χ2v) is 4.10. The summed E-state index contributed by atoms with van der Waals surface area (Å²) in [5.74, 6) is -0.796. The Morgan fingerprint density at radius 2 is 2.19 bits per heavy atom. The van der Waals surface area contributed by atoms with Crippen molar-refractivity contribution in [2.24, 2.45) is 0 Å². The Kier molecular flexibility index (Phi) is 5.97. The summed E-state index contributed by atoms with van der Waals surface area (Å²) >= 11 is 0. The molecule has 1 rings (SSSR count). The van der Waals surface area contributed by atoms with Gasteiger partial charge in [0.2, 0.25) is 0 Å². The number of amides is 1. The van der Waals surface area contributed by atoms with E-state index in [1.54, 1.807) is 0 Å². The molecule has 1 aromatic rings. The fourth-order valence-corrected chi connectivity index (χ4v) is 1.77. The highest BCUT2D eigenvalue weighted by Gasteiger charge is 2.22. The van der Waals surface area contributed by atoms with Crippen LogP contribution in [-0.2, 0) is 0 Å². The van der Waals surface area contributed by atoms with Crippen LogP contribution < -0.4 is 5.32 Å². The molecule has 1 amide bonds. The van der Waals surface area contributed by atoms with Crippen LogP contribution >= 0.6 is 0 Å². The molecule has 0 radical (unpaired) electrons. The van der Waals surface area contributed by atoms with E-state index in [9.17, 15) is 23.7 Å². The van der Waals surface area contributed by atoms with Gasteiger partial charge in [0, 0.05) is 25.2 Å². The lowest BCUT2D eigenvalue weighted by Gasteiger charge is -2.21. The molecule has 0 fully saturated rings. The summed E-state index contributed by atoms with van der Waals surface area (Å²) < 4.78 is 24.8. The molecule has 0 aliphatic heterocycles. The van der Waals surface area contributed by atoms with Gasteiger partial charge in [0.25, 0.3) is 18.0 Å². The standard InChI is InChI=1S/C12H15F2N3O4/c1-15-9-3-2-8(6-10(9)17(20)21)12(19)16(4-5-18)7-11(13)14/h2-3,6,11,15,18H,4-5,7H2,1H3. The SMILES string of the molecule is CNc1ccc(C(=O)N(CCO)CC(F)F)cc1[N+](=O)[O-]. The van der Waals surface area contributed by atoms with Gasteiger partial charge in [0.1, 0.15) is 5.69 Å². The highest BCUT2D eigenvalue weighted by Crippen LogP contribution is 2.25. The maximum Gasteiger partial charge on any atom is 0.293 e. The zero-order chi connectivity index (χ0) is 16.0. The molecule has 1 aromatic carbocycles. The molecular weight excluding hydrogens is 288 g/mol. The molecule has 0 aliphatic carbocycles. The van der Waals surface area contributed by atoms with Gasteiger partial charge in [0.05, 0.1) is 18.1 Å². The number of nitrogens with one attached hydrogen (secondary N) is 1. The van der Waals surface area contributed by atoms with E-state index in [4.69, 9.17) is 5.11 Å². The normalized spacial score (nSPS) is 10.5. The first-order valence-corrected chi connectivity index (χ1v) is 6.05. The lowest BCUT2D eigenvalue weighted by Crippen LogP contribution is -2.37. The van der Waals surface area contributed by atoms with Crippen LogP contribution in [-0.4, -0.2) is 54.0 Å². The zero-order valence-corrected chi connectivity index (χ0v) is 11.3. The fourth-order valence-electron chi connectivity index (χ4n) is 1.77. The number of nitro benzene ring substituents is 1. The third-order valence-electron chi connectivity index (χ3n) is 2.73. The molecule has 0 saturated carbocycles. The van der Waals surface area contributed by atoms with E-state index in [0.717, 1.165) is 11.0 Å². The number of nitro groups is 1. The lowest BCUT2D eigenvalue weighted by atomic mass is 10.1. The van der Waals surface area contributed by atoms with Crippen LogP contribution in [0.2, 0.25) is 0 Å². The van der Waals surface area contributed by atoms with Gasteiger partial charge in [-0.15, -0.1) is 0 Å². The first-order chi connectivity index (χ1) is 9.90. The summed E-state index contributed by atoms with van der Waals surface area (Å²) in [6, 6.07) is 3.64. The average Bonchev–Trinajstić information content (AvgIpc) is 2.44. The Balaban J connectivity index is 3.10. The van der Waals surface area contributed by atoms with E-state index < -0.39 is 30.4 Å². The van der Waals surface area contributed by atoms with Crippen molar-refractivity contribution in [1.29, 1.82) is 0 Å². The maximum atomic E-state index is 12.4. The minimum Gasteiger partial charge on any atom is -0.395 e. The Labute approximate surface area is 119 Å². The largest absolute Gasteiger partial charge is 0.395 e. The van der Waals surface area contributed by atoms with Crippen molar-refractivity contribution in [3.8, 4) is 0 Å². The first-order valence-electron chi connectivity index (χ1n) is 6.05. The highest BCUT2D eigenvalue weighted by atomic mass is 19.3. The number of aliphatic hydroxyl groups excluding tert-OH is 1. The van der Waals surface area contributed by atoms with Crippen molar-refractivity contribution in [3.05, 3.63) is 33.9 Å². The summed E-state index contributed by atoms with van der Waals surface area (Å²) in [6.45, 7) is -1.60. The van der Waals surface area contributed by atoms with Crippen LogP contribution in [0.5, 0.6) is 0 Å². The summed E-state index contributed by atoms with van der Waals surface area (Å²) in [4.78, 5) is 23.1. The van der Waals surface area contributed by atoms with Gasteiger partial charge in [-0.25, -0.2) is 8.78 Å². The maximum absolute atomic E-state index is 12.4. The number of nitrogens with zero attached hydrogens (tertiary/aromatic N) is 2. The van der Waals surface area contributed by atoms with Gasteiger partial charge in [0.15, 0.2) is 0 Å². The number of halogens is 2. The van der Waals surface area contributed by atoms with Crippen LogP contribution in [0.25, 0.3) is 0 Å². The van der Waals surface area contributed by atoms with Crippen molar-refractivity contribution in [2.75, 3.05) is 32.1 Å². The van der Waals surface area contributed by atoms with E-state index in [2.05, 4.69) is 5.32 Å². The van der Waals surface area contributed by atoms with Gasteiger partial charge in [-0.2, -0.15) is 0 Å². The van der Waals surface area contributed by atoms with Gasteiger partial charge in [-0.1, -0.05) is 0 Å². The van der Waals surface area contributed by atoms with E-state index in [1.807, 2.05) is 0 Å². The van der Waals surface area contributed by atoms with Gasteiger partial charge >= 0.3 is 0 Å². The number of carbonyl (C=O) groups is 1. The summed E-state index contributed by atoms with van der Waals surface area (Å²) in [6.07, 6.45) is -2.76. The third kappa shape index (κ3) is 4.35. The molecule has 2 N–H and O–H groups in total. The van der Waals surface area contributed by atoms with Crippen molar-refractivity contribution in [2.45, 2.75) is 6.43 Å². The van der Waals surface area contributed by atoms with Gasteiger partial charge in [-0.05, 0) is 12.1 Å². The van der Waals surface area contributed by atoms with Gasteiger partial charge in [-0.3, -0.25) is 14.9 Å². The van der Waals surface area contributed by atoms with Crippen molar-refractivity contribution in [1.82, 2.24) is 4.90 Å². The van der Waals surface area contributed by atoms with E-state index in [0.29, 0.717) is 0 Å². The topological polar surface area (TPSA) is 95.7 Å². The summed E-state index contributed by atoms with van der Waals surface area (Å²) in [5.41, 5.74) is -0.210. The highest BCUT2D eigenvalue weighted by molar-refractivity contribution is 5.95. The number of benzene rings is 1. The molecular formula is C12H15F2N3O4. The van der Waals surface area contributed by atoms with E-state index in [-0.39, 0.29) is 23.5 Å². The van der Waals surface area contributed by atoms with Crippen LogP contribution in [0, 0.1) is 10.1 Å². The van der Waals surface area contributed by atoms with Crippen molar-refractivity contribution < 1.29 is 23.6 Å². The van der Waals surface area contributed by atoms with Crippen LogP contribution in [0.4, 0.5) is 20.2 Å². The molecule has 0 spiro atoms. The number of hydrogen-bond donors (Lipinski definition) is 2. The summed E-state index contributed by atoms with van der Waals surface area (Å²) in [7, 11) is 1.48. The van der Waals surface area contributed by atoms with Gasteiger partial charge < -0.3 is 15.3 Å². The van der Waals surface area contributed by atoms with Crippen molar-refractivity contribution >= 4 is 17.3 Å². The number of hydrogen-bond acceptors (Lipinski definition) is 5. The number of alkyl halides is 2. The Hall–Kier alpha value is -2.29. The third-order valence-corrected chi connectivity index (χ3v) is 2.73. The predicted molar refractivity (Wildman–Crippen MR) is 71.6 cm³/mol. The van der Waals surface area contributed by atoms with E-state index in [1.165, 1.54) is 19.2 Å². The fraction of sp³-hybridized carbons (Fsp3) is 0.417. The molecule has 0 aromatic heterocycles. The Morgan fingerprint density at radius 1 is 1.52 bits per heavy atom. The molecule has 0 bridgehead atoms. The molecule has 0 saturated heterocycles. The zero-order valence-electron chi connectivity index (χ0n) is 11.3. The lowest BCUT2D eigenvalue weighted by molar-refractivity contribution is -0.384. The minimum atomic E-state index is -2.76. The molecule has 0 heterocycles. The molecule has 0 atom stereocenters. The number of aliphatic hydroxyl groups is 1. The number of carbonyl (C=O) groups excluding carboxylic acids is 1.